The molecule has 10 heteroatoms. The Morgan fingerprint density at radius 1 is 1.25 bits per heavy atom. The second-order valence-electron chi connectivity index (χ2n) is 3.94. The average molecular weight is 342 g/mol. The molecule has 0 aromatic carbocycles. The van der Waals surface area contributed by atoms with Gasteiger partial charge < -0.3 is 0 Å². The maximum atomic E-state index is 11.1. The van der Waals surface area contributed by atoms with Crippen molar-refractivity contribution in [3.05, 3.63) is 48.4 Å². The van der Waals surface area contributed by atoms with Gasteiger partial charge in [0.25, 0.3) is 0 Å². The lowest BCUT2D eigenvalue weighted by atomic mass is 10.3. The highest BCUT2D eigenvalue weighted by Crippen LogP contribution is 2.29. The number of hydrogen-bond donors (Lipinski definition) is 0. The number of rotatable bonds is 3. The zero-order chi connectivity index (χ0) is 15.0. The van der Waals surface area contributed by atoms with Gasteiger partial charge in [-0.2, -0.15) is 5.10 Å². The van der Waals surface area contributed by atoms with E-state index < -0.39 is 9.85 Å². The number of halogens is 1. The second kappa shape index (κ2) is 4.96. The van der Waals surface area contributed by atoms with Gasteiger partial charge in [-0.3, -0.25) is 20.2 Å². The van der Waals surface area contributed by atoms with Crippen LogP contribution in [0.2, 0.25) is 0 Å². The van der Waals surface area contributed by atoms with Gasteiger partial charge in [0.2, 0.25) is 5.82 Å². The van der Waals surface area contributed by atoms with Crippen LogP contribution in [-0.4, -0.2) is 24.6 Å². The number of pyridine rings is 1. The van der Waals surface area contributed by atoms with Crippen molar-refractivity contribution in [2.24, 2.45) is 0 Å². The van der Waals surface area contributed by atoms with Gasteiger partial charge in [0, 0.05) is 16.7 Å². The Hall–Kier alpha value is -2.36. The third-order valence-corrected chi connectivity index (χ3v) is 3.08. The Bertz CT molecular complexity index is 727. The Morgan fingerprint density at radius 2 is 1.90 bits per heavy atom. The number of nitro groups is 2. The molecular formula is C10H8BrN5O4. The maximum absolute atomic E-state index is 11.1. The van der Waals surface area contributed by atoms with Crippen LogP contribution in [0.3, 0.4) is 0 Å². The van der Waals surface area contributed by atoms with E-state index in [4.69, 9.17) is 0 Å². The normalized spacial score (nSPS) is 10.6. The highest BCUT2D eigenvalue weighted by Gasteiger charge is 2.27. The molecule has 20 heavy (non-hydrogen) atoms. The molecule has 0 aliphatic rings. The first-order chi connectivity index (χ1) is 9.32. The van der Waals surface area contributed by atoms with Crippen molar-refractivity contribution in [1.29, 1.82) is 0 Å². The Labute approximate surface area is 120 Å². The van der Waals surface area contributed by atoms with Crippen LogP contribution in [-0.2, 0) is 0 Å². The summed E-state index contributed by atoms with van der Waals surface area (Å²) in [5.41, 5.74) is -0.110. The Morgan fingerprint density at radius 3 is 2.40 bits per heavy atom. The maximum Gasteiger partial charge on any atom is 0.314 e. The van der Waals surface area contributed by atoms with Crippen molar-refractivity contribution >= 4 is 27.3 Å². The van der Waals surface area contributed by atoms with E-state index in [-0.39, 0.29) is 28.6 Å². The minimum absolute atomic E-state index is 0.0631. The molecule has 0 radical (unpaired) electrons. The van der Waals surface area contributed by atoms with E-state index in [0.717, 1.165) is 4.68 Å². The molecule has 0 saturated heterocycles. The minimum Gasteiger partial charge on any atom is -0.258 e. The Balaban J connectivity index is 2.73. The smallest absolute Gasteiger partial charge is 0.258 e. The minimum atomic E-state index is -0.616. The van der Waals surface area contributed by atoms with Gasteiger partial charge >= 0.3 is 11.4 Å². The summed E-state index contributed by atoms with van der Waals surface area (Å²) >= 11 is 3.09. The second-order valence-corrected chi connectivity index (χ2v) is 4.86. The standard InChI is InChI=1S/C10H8BrN5O4/c1-5-9(16(19)20)6(2)14(13-5)10-8(15(17)18)3-7(11)4-12-10/h3-4H,1-2H3. The lowest BCUT2D eigenvalue weighted by Gasteiger charge is -2.03. The number of aromatic nitrogens is 3. The van der Waals surface area contributed by atoms with E-state index in [1.165, 1.54) is 26.1 Å². The molecule has 2 heterocycles. The van der Waals surface area contributed by atoms with Crippen LogP contribution < -0.4 is 0 Å². The highest BCUT2D eigenvalue weighted by atomic mass is 79.9. The van der Waals surface area contributed by atoms with Crippen LogP contribution in [0.25, 0.3) is 5.82 Å². The SMILES string of the molecule is Cc1nn(-c2ncc(Br)cc2[N+](=O)[O-])c(C)c1[N+](=O)[O-]. The van der Waals surface area contributed by atoms with E-state index in [1.54, 1.807) is 0 Å². The van der Waals surface area contributed by atoms with E-state index in [0.29, 0.717) is 4.47 Å². The molecule has 104 valence electrons. The zero-order valence-electron chi connectivity index (χ0n) is 10.4. The van der Waals surface area contributed by atoms with E-state index in [9.17, 15) is 20.2 Å². The number of aryl methyl sites for hydroxylation is 1. The molecule has 0 fully saturated rings. The molecule has 0 unspecified atom stereocenters. The first kappa shape index (κ1) is 14.1. The van der Waals surface area contributed by atoms with Gasteiger partial charge in [0.15, 0.2) is 0 Å². The monoisotopic (exact) mass is 341 g/mol. The van der Waals surface area contributed by atoms with Gasteiger partial charge in [-0.1, -0.05) is 0 Å². The van der Waals surface area contributed by atoms with Gasteiger partial charge in [-0.25, -0.2) is 9.67 Å². The van der Waals surface area contributed by atoms with Gasteiger partial charge in [0.1, 0.15) is 11.4 Å². The van der Waals surface area contributed by atoms with E-state index in [2.05, 4.69) is 26.0 Å². The number of nitrogens with zero attached hydrogens (tertiary/aromatic N) is 5. The van der Waals surface area contributed by atoms with Crippen LogP contribution in [0.4, 0.5) is 11.4 Å². The van der Waals surface area contributed by atoms with Gasteiger partial charge in [-0.05, 0) is 29.8 Å². The third-order valence-electron chi connectivity index (χ3n) is 2.65. The Kier molecular flexibility index (Phi) is 3.49. The molecule has 2 aromatic heterocycles. The summed E-state index contributed by atoms with van der Waals surface area (Å²) in [5.74, 6) is -0.0631. The molecule has 0 spiro atoms. The van der Waals surface area contributed by atoms with Crippen molar-refractivity contribution < 1.29 is 9.85 Å². The van der Waals surface area contributed by atoms with E-state index >= 15 is 0 Å². The molecule has 0 bridgehead atoms. The fourth-order valence-corrected chi connectivity index (χ4v) is 2.14. The van der Waals surface area contributed by atoms with Crippen LogP contribution in [0.15, 0.2) is 16.7 Å². The zero-order valence-corrected chi connectivity index (χ0v) is 12.0. The lowest BCUT2D eigenvalue weighted by molar-refractivity contribution is -0.386. The highest BCUT2D eigenvalue weighted by molar-refractivity contribution is 9.10. The van der Waals surface area contributed by atoms with Crippen LogP contribution in [0, 0.1) is 34.1 Å². The molecule has 0 atom stereocenters. The average Bonchev–Trinajstić information content (AvgIpc) is 2.64. The summed E-state index contributed by atoms with van der Waals surface area (Å²) in [5, 5.41) is 26.0. The first-order valence-corrected chi connectivity index (χ1v) is 6.13. The van der Waals surface area contributed by atoms with Crippen LogP contribution in [0.5, 0.6) is 0 Å². The lowest BCUT2D eigenvalue weighted by Crippen LogP contribution is -2.06. The summed E-state index contributed by atoms with van der Waals surface area (Å²) in [6.45, 7) is 2.93. The van der Waals surface area contributed by atoms with E-state index in [1.807, 2.05) is 0 Å². The predicted molar refractivity (Wildman–Crippen MR) is 71.8 cm³/mol. The molecule has 2 rings (SSSR count). The molecular weight excluding hydrogens is 334 g/mol. The van der Waals surface area contributed by atoms with Gasteiger partial charge in [0.05, 0.1) is 9.85 Å². The molecule has 0 N–H and O–H groups in total. The molecule has 9 nitrogen and oxygen atoms in total. The molecule has 2 aromatic rings. The summed E-state index contributed by atoms with van der Waals surface area (Å²) < 4.78 is 1.54. The molecule has 0 saturated carbocycles. The summed E-state index contributed by atoms with van der Waals surface area (Å²) in [7, 11) is 0. The largest absolute Gasteiger partial charge is 0.314 e. The van der Waals surface area contributed by atoms with Crippen molar-refractivity contribution in [2.45, 2.75) is 13.8 Å². The van der Waals surface area contributed by atoms with Crippen molar-refractivity contribution in [2.75, 3.05) is 0 Å². The molecule has 0 amide bonds. The van der Waals surface area contributed by atoms with Crippen molar-refractivity contribution in [1.82, 2.24) is 14.8 Å². The number of hydrogen-bond acceptors (Lipinski definition) is 6. The topological polar surface area (TPSA) is 117 Å². The fraction of sp³-hybridized carbons (Fsp3) is 0.200. The fourth-order valence-electron chi connectivity index (χ4n) is 1.82. The summed E-state index contributed by atoms with van der Waals surface area (Å²) in [6.07, 6.45) is 1.37. The first-order valence-electron chi connectivity index (χ1n) is 5.34. The van der Waals surface area contributed by atoms with Gasteiger partial charge in [-0.15, -0.1) is 0 Å². The van der Waals surface area contributed by atoms with Crippen LogP contribution >= 0.6 is 15.9 Å². The third kappa shape index (κ3) is 2.25. The van der Waals surface area contributed by atoms with Crippen molar-refractivity contribution in [3.63, 3.8) is 0 Å². The summed E-state index contributed by atoms with van der Waals surface area (Å²) in [4.78, 5) is 24.8. The van der Waals surface area contributed by atoms with Crippen LogP contribution in [0.1, 0.15) is 11.4 Å². The quantitative estimate of drug-likeness (QED) is 0.625. The predicted octanol–water partition coefficient (Wildman–Crippen LogP) is 2.46. The van der Waals surface area contributed by atoms with Crippen molar-refractivity contribution in [3.8, 4) is 5.82 Å². The summed E-state index contributed by atoms with van der Waals surface area (Å²) in [6, 6.07) is 1.27. The molecule has 0 aliphatic carbocycles. The molecule has 0 aliphatic heterocycles.